The second-order valence-electron chi connectivity index (χ2n) is 29.8. The Hall–Kier alpha value is -6.04. The summed E-state index contributed by atoms with van der Waals surface area (Å²) in [6.07, 6.45) is 54.8. The third-order valence-corrected chi connectivity index (χ3v) is 26.2. The number of carbonyl (C=O) groups excluding carboxylic acids is 2. The summed E-state index contributed by atoms with van der Waals surface area (Å²) < 4.78 is 0. The van der Waals surface area contributed by atoms with Crippen molar-refractivity contribution in [1.82, 2.24) is 19.8 Å². The number of hydrogen-bond donors (Lipinski definition) is 0. The molecule has 10 heteroatoms. The number of fused-ring (bicyclic) bond motifs is 1. The van der Waals surface area contributed by atoms with E-state index in [1.165, 1.54) is 261 Å². The maximum Gasteiger partial charge on any atom is 0.261 e. The number of nitrogens with zero attached hydrogens (tertiary/aromatic N) is 4. The lowest BCUT2D eigenvalue weighted by molar-refractivity contribution is -0.124. The summed E-state index contributed by atoms with van der Waals surface area (Å²) in [4.78, 5) is 54.2. The number of benzene rings is 4. The summed E-state index contributed by atoms with van der Waals surface area (Å²) in [5.74, 6) is 0.568. The monoisotopic (exact) mass is 1440 g/mol. The van der Waals surface area contributed by atoms with E-state index in [2.05, 4.69) is 171 Å². The van der Waals surface area contributed by atoms with Crippen LogP contribution in [0.3, 0.4) is 0 Å². The van der Waals surface area contributed by atoms with E-state index < -0.39 is 0 Å². The summed E-state index contributed by atoms with van der Waals surface area (Å²) in [5.41, 5.74) is 9.90. The largest absolute Gasteiger partial charge is 0.306 e. The zero-order chi connectivity index (χ0) is 70.8. The number of thiazole rings is 2. The van der Waals surface area contributed by atoms with E-state index >= 15 is 9.59 Å². The first-order chi connectivity index (χ1) is 50.3. The van der Waals surface area contributed by atoms with Crippen molar-refractivity contribution >= 4 is 68.6 Å². The van der Waals surface area contributed by atoms with Crippen molar-refractivity contribution in [3.63, 3.8) is 0 Å². The Balaban J connectivity index is 1.000. The van der Waals surface area contributed by atoms with Gasteiger partial charge in [0.05, 0.1) is 42.0 Å². The van der Waals surface area contributed by atoms with Gasteiger partial charge in [-0.1, -0.05) is 368 Å². The van der Waals surface area contributed by atoms with Crippen LogP contribution in [0.2, 0.25) is 0 Å². The molecule has 2 amide bonds. The van der Waals surface area contributed by atoms with Gasteiger partial charge in [0, 0.05) is 35.2 Å². The fraction of sp³-hybridized carbons (Fsp3) is 0.522. The smallest absolute Gasteiger partial charge is 0.261 e. The van der Waals surface area contributed by atoms with Crippen LogP contribution in [0.1, 0.15) is 294 Å². The molecule has 2 atom stereocenters. The highest BCUT2D eigenvalue weighted by Crippen LogP contribution is 2.51. The number of amides is 2. The van der Waals surface area contributed by atoms with Crippen molar-refractivity contribution in [2.75, 3.05) is 13.1 Å². The number of carbonyl (C=O) groups is 2. The van der Waals surface area contributed by atoms with E-state index in [1.54, 1.807) is 45.3 Å². The van der Waals surface area contributed by atoms with Crippen molar-refractivity contribution in [1.29, 1.82) is 0 Å². The van der Waals surface area contributed by atoms with Crippen LogP contribution >= 0.6 is 45.3 Å². The number of rotatable bonds is 52. The van der Waals surface area contributed by atoms with Crippen molar-refractivity contribution in [3.8, 4) is 62.9 Å². The van der Waals surface area contributed by atoms with E-state index in [9.17, 15) is 0 Å². The lowest BCUT2D eigenvalue weighted by Crippen LogP contribution is -2.34. The Kier molecular flexibility index (Phi) is 33.9. The summed E-state index contributed by atoms with van der Waals surface area (Å²) >= 11 is 6.82. The zero-order valence-electron chi connectivity index (χ0n) is 62.9. The van der Waals surface area contributed by atoms with Gasteiger partial charge in [0.2, 0.25) is 0 Å². The van der Waals surface area contributed by atoms with Crippen LogP contribution in [0.25, 0.3) is 74.3 Å². The third kappa shape index (κ3) is 23.5. The molecule has 10 rings (SSSR count). The molecule has 0 saturated carbocycles. The molecule has 2 aliphatic rings. The molecular weight excluding hydrogens is 1320 g/mol. The molecule has 0 aliphatic carbocycles. The molecule has 6 heterocycles. The van der Waals surface area contributed by atoms with Gasteiger partial charge >= 0.3 is 0 Å². The predicted octanol–water partition coefficient (Wildman–Crippen LogP) is 29.4. The van der Waals surface area contributed by atoms with E-state index in [-0.39, 0.29) is 11.8 Å². The summed E-state index contributed by atoms with van der Waals surface area (Å²) in [6.45, 7) is 10.4. The van der Waals surface area contributed by atoms with Crippen molar-refractivity contribution in [2.24, 2.45) is 11.8 Å². The third-order valence-electron chi connectivity index (χ3n) is 21.6. The quantitative estimate of drug-likeness (QED) is 0.0356. The molecule has 0 saturated heterocycles. The topological polar surface area (TPSA) is 66.4 Å². The Morgan fingerprint density at radius 1 is 0.275 bits per heavy atom. The molecule has 0 radical (unpaired) electrons. The van der Waals surface area contributed by atoms with Crippen LogP contribution in [0.5, 0.6) is 0 Å². The summed E-state index contributed by atoms with van der Waals surface area (Å²) in [7, 11) is 0. The van der Waals surface area contributed by atoms with Crippen LogP contribution < -0.4 is 0 Å². The maximum atomic E-state index is 16.5. The Morgan fingerprint density at radius 3 is 0.824 bits per heavy atom. The molecule has 0 fully saturated rings. The highest BCUT2D eigenvalue weighted by molar-refractivity contribution is 7.24. The molecule has 546 valence electrons. The summed E-state index contributed by atoms with van der Waals surface area (Å²) in [6, 6.07) is 47.9. The van der Waals surface area contributed by atoms with Gasteiger partial charge in [0.25, 0.3) is 11.8 Å². The zero-order valence-corrected chi connectivity index (χ0v) is 66.2. The fourth-order valence-corrected chi connectivity index (χ4v) is 19.6. The minimum Gasteiger partial charge on any atom is -0.306 e. The molecule has 2 unspecified atom stereocenters. The molecule has 8 aromatic rings. The lowest BCUT2D eigenvalue weighted by atomic mass is 9.93. The number of thiophene rings is 2. The number of unbranched alkanes of at least 4 members (excludes halogenated alkanes) is 32. The van der Waals surface area contributed by atoms with Crippen molar-refractivity contribution in [3.05, 3.63) is 167 Å². The van der Waals surface area contributed by atoms with Gasteiger partial charge in [0.15, 0.2) is 0 Å². The maximum absolute atomic E-state index is 16.5. The minimum absolute atomic E-state index is 0.0243. The van der Waals surface area contributed by atoms with Crippen molar-refractivity contribution in [2.45, 2.75) is 285 Å². The number of hydrogen-bond acceptors (Lipinski definition) is 8. The molecule has 4 aromatic carbocycles. The second kappa shape index (κ2) is 44.0. The van der Waals surface area contributed by atoms with Gasteiger partial charge in [-0.3, -0.25) is 9.59 Å². The Labute approximate surface area is 632 Å². The molecule has 102 heavy (non-hydrogen) atoms. The Bertz CT molecular complexity index is 3510. The first kappa shape index (κ1) is 78.5. The van der Waals surface area contributed by atoms with Crippen LogP contribution in [0, 0.1) is 11.8 Å². The van der Waals surface area contributed by atoms with E-state index in [0.29, 0.717) is 36.1 Å². The van der Waals surface area contributed by atoms with Crippen LogP contribution in [-0.4, -0.2) is 44.7 Å². The average molecular weight is 1440 g/mol. The highest BCUT2D eigenvalue weighted by Gasteiger charge is 2.50. The van der Waals surface area contributed by atoms with E-state index in [1.807, 2.05) is 12.4 Å². The van der Waals surface area contributed by atoms with Gasteiger partial charge in [-0.15, -0.1) is 45.3 Å². The van der Waals surface area contributed by atoms with Gasteiger partial charge in [0.1, 0.15) is 10.0 Å². The lowest BCUT2D eigenvalue weighted by Gasteiger charge is -2.29. The van der Waals surface area contributed by atoms with Crippen molar-refractivity contribution < 1.29 is 9.59 Å². The van der Waals surface area contributed by atoms with Gasteiger partial charge in [-0.05, 0) is 95.2 Å². The van der Waals surface area contributed by atoms with E-state index in [4.69, 9.17) is 9.97 Å². The molecule has 0 N–H and O–H groups in total. The fourth-order valence-electron chi connectivity index (χ4n) is 15.5. The van der Waals surface area contributed by atoms with Crippen LogP contribution in [0.4, 0.5) is 0 Å². The van der Waals surface area contributed by atoms with Gasteiger partial charge in [-0.2, -0.15) is 0 Å². The standard InChI is InChI=1S/C92H122N4O2S4/c1-5-9-13-17-21-25-27-31-35-41-49-71(47-39-33-29-23-19-15-11-7-3)69-95-87(83-67-93-89(101-83)81-65-63-79(99-81)77-59-55-75(56-60-77)73-51-43-37-44-52-73)85-86(91(95)97)88(84-68-94-90(102-84)82-66-64-80(100-82)78-61-57-76(58-62-78)74-53-45-38-46-54-74)96(92(85)98)70-72(48-40-34-30-24-20-16-12-8-4)50-42-36-32-28-26-22-18-14-10-6-2/h37-38,43-46,51-68,71-72H,5-36,39-42,47-50,69-70H2,1-4H3. The molecule has 0 spiro atoms. The molecule has 2 aliphatic heterocycles. The van der Waals surface area contributed by atoms with Crippen LogP contribution in [0.15, 0.2) is 157 Å². The highest BCUT2D eigenvalue weighted by atomic mass is 32.1. The molecule has 4 aromatic heterocycles. The van der Waals surface area contributed by atoms with Gasteiger partial charge < -0.3 is 9.80 Å². The number of aromatic nitrogens is 2. The molecular formula is C92H122N4O2S4. The minimum atomic E-state index is -0.0243. The first-order valence-electron chi connectivity index (χ1n) is 40.9. The average Bonchev–Trinajstić information content (AvgIpc) is 1.55. The van der Waals surface area contributed by atoms with Crippen LogP contribution in [-0.2, 0) is 9.59 Å². The van der Waals surface area contributed by atoms with Gasteiger partial charge in [-0.25, -0.2) is 9.97 Å². The SMILES string of the molecule is CCCCCCCCCCCCC(CCCCCCCCCC)CN1C(=O)C2=C(c3cnc(-c4ccc(-c5ccc(-c6ccccc6)cc5)s4)s3)N(CC(CCCCCCCCCC)CCCCCCCCCCCC)C(=O)C2=C1c1cnc(-c2ccc(-c3ccc(-c4ccccc4)cc3)s2)s1. The van der Waals surface area contributed by atoms with E-state index in [0.717, 1.165) is 79.4 Å². The normalized spacial score (nSPS) is 13.8. The first-order valence-corrected chi connectivity index (χ1v) is 44.2. The summed E-state index contributed by atoms with van der Waals surface area (Å²) in [5, 5.41) is 1.83. The molecule has 0 bridgehead atoms. The predicted molar refractivity (Wildman–Crippen MR) is 444 cm³/mol. The molecule has 6 nitrogen and oxygen atoms in total. The Morgan fingerprint density at radius 2 is 0.529 bits per heavy atom. The second-order valence-corrected chi connectivity index (χ2v) is 34.0.